The van der Waals surface area contributed by atoms with E-state index in [-0.39, 0.29) is 12.5 Å². The first-order valence-corrected chi connectivity index (χ1v) is 7.39. The number of urea groups is 1. The van der Waals surface area contributed by atoms with E-state index in [0.717, 1.165) is 10.5 Å². The molecule has 2 rings (SSSR count). The van der Waals surface area contributed by atoms with Gasteiger partial charge in [-0.25, -0.2) is 4.79 Å². The number of rotatable bonds is 6. The third kappa shape index (κ3) is 3.13. The van der Waals surface area contributed by atoms with Gasteiger partial charge in [-0.1, -0.05) is 12.2 Å². The molecule has 1 aliphatic heterocycles. The van der Waals surface area contributed by atoms with Crippen molar-refractivity contribution in [1.82, 2.24) is 15.1 Å². The molecule has 0 spiro atoms. The topological polar surface area (TPSA) is 82.9 Å². The molecule has 0 bridgehead atoms. The molecule has 0 radical (unpaired) electrons. The van der Waals surface area contributed by atoms with Crippen molar-refractivity contribution in [1.29, 1.82) is 0 Å². The number of amides is 4. The number of furan rings is 1. The summed E-state index contributed by atoms with van der Waals surface area (Å²) in [5.41, 5.74) is -0.454. The normalized spacial score (nSPS) is 20.6. The zero-order chi connectivity index (χ0) is 17.2. The molecule has 7 heteroatoms. The third-order valence-corrected chi connectivity index (χ3v) is 3.78. The summed E-state index contributed by atoms with van der Waals surface area (Å²) in [4.78, 5) is 39.5. The molecular formula is C16H21N3O4. The lowest BCUT2D eigenvalue weighted by Gasteiger charge is -2.23. The number of carbonyl (C=O) groups is 3. The molecule has 1 aromatic rings. The van der Waals surface area contributed by atoms with Crippen molar-refractivity contribution in [2.45, 2.75) is 26.3 Å². The minimum absolute atomic E-state index is 0.303. The SMILES string of the molecule is C=C(C)CN(CC)C(=O)CN1C(=O)N[C@](C)(c2ccco2)C1=O. The highest BCUT2D eigenvalue weighted by Crippen LogP contribution is 2.28. The maximum Gasteiger partial charge on any atom is 0.325 e. The van der Waals surface area contributed by atoms with E-state index in [4.69, 9.17) is 4.42 Å². The number of hydrogen-bond donors (Lipinski definition) is 1. The fourth-order valence-corrected chi connectivity index (χ4v) is 2.51. The zero-order valence-corrected chi connectivity index (χ0v) is 13.6. The van der Waals surface area contributed by atoms with E-state index in [0.29, 0.717) is 18.8 Å². The molecule has 1 fully saturated rings. The van der Waals surface area contributed by atoms with Gasteiger partial charge in [0.15, 0.2) is 5.54 Å². The third-order valence-electron chi connectivity index (χ3n) is 3.78. The second-order valence-corrected chi connectivity index (χ2v) is 5.79. The van der Waals surface area contributed by atoms with Gasteiger partial charge in [0.1, 0.15) is 12.3 Å². The van der Waals surface area contributed by atoms with Crippen molar-refractivity contribution in [3.63, 3.8) is 0 Å². The van der Waals surface area contributed by atoms with Crippen LogP contribution in [-0.2, 0) is 15.1 Å². The van der Waals surface area contributed by atoms with Gasteiger partial charge in [-0.2, -0.15) is 0 Å². The second kappa shape index (κ2) is 6.28. The fourth-order valence-electron chi connectivity index (χ4n) is 2.51. The summed E-state index contributed by atoms with van der Waals surface area (Å²) in [6, 6.07) is 2.65. The van der Waals surface area contributed by atoms with Crippen LogP contribution < -0.4 is 5.32 Å². The number of likely N-dealkylation sites (N-methyl/N-ethyl adjacent to an activating group) is 1. The van der Waals surface area contributed by atoms with Gasteiger partial charge < -0.3 is 14.6 Å². The minimum atomic E-state index is -1.29. The lowest BCUT2D eigenvalue weighted by atomic mass is 9.99. The Morgan fingerprint density at radius 1 is 1.48 bits per heavy atom. The molecule has 1 N–H and O–H groups in total. The Morgan fingerprint density at radius 3 is 2.70 bits per heavy atom. The summed E-state index contributed by atoms with van der Waals surface area (Å²) in [7, 11) is 0. The summed E-state index contributed by atoms with van der Waals surface area (Å²) in [5.74, 6) is -0.472. The van der Waals surface area contributed by atoms with Crippen LogP contribution >= 0.6 is 0 Å². The van der Waals surface area contributed by atoms with Crippen LogP contribution in [0.15, 0.2) is 35.0 Å². The number of hydrogen-bond acceptors (Lipinski definition) is 4. The standard InChI is InChI=1S/C16H21N3O4/c1-5-18(9-11(2)3)13(20)10-19-14(21)16(4,17-15(19)22)12-7-6-8-23-12/h6-8H,2,5,9-10H2,1,3-4H3,(H,17,22)/t16-/m1/s1. The van der Waals surface area contributed by atoms with Crippen LogP contribution in [0.4, 0.5) is 4.79 Å². The zero-order valence-electron chi connectivity index (χ0n) is 13.6. The van der Waals surface area contributed by atoms with E-state index >= 15 is 0 Å². The van der Waals surface area contributed by atoms with Gasteiger partial charge >= 0.3 is 6.03 Å². The van der Waals surface area contributed by atoms with E-state index in [1.54, 1.807) is 24.0 Å². The maximum atomic E-state index is 12.6. The van der Waals surface area contributed by atoms with Gasteiger partial charge in [0.05, 0.1) is 6.26 Å². The van der Waals surface area contributed by atoms with Crippen LogP contribution in [0.25, 0.3) is 0 Å². The molecule has 1 aliphatic rings. The quantitative estimate of drug-likeness (QED) is 0.636. The van der Waals surface area contributed by atoms with Crippen LogP contribution in [-0.4, -0.2) is 47.3 Å². The van der Waals surface area contributed by atoms with Crippen molar-refractivity contribution in [3.8, 4) is 0 Å². The summed E-state index contributed by atoms with van der Waals surface area (Å²) in [5, 5.41) is 2.59. The van der Waals surface area contributed by atoms with Gasteiger partial charge in [0.25, 0.3) is 5.91 Å². The fraction of sp³-hybridized carbons (Fsp3) is 0.438. The van der Waals surface area contributed by atoms with Crippen molar-refractivity contribution >= 4 is 17.8 Å². The first kappa shape index (κ1) is 16.8. The molecule has 7 nitrogen and oxygen atoms in total. The molecule has 1 saturated heterocycles. The Morgan fingerprint density at radius 2 is 2.17 bits per heavy atom. The van der Waals surface area contributed by atoms with Crippen molar-refractivity contribution in [3.05, 3.63) is 36.3 Å². The summed E-state index contributed by atoms with van der Waals surface area (Å²) in [6.07, 6.45) is 1.43. The van der Waals surface area contributed by atoms with Crippen molar-refractivity contribution in [2.75, 3.05) is 19.6 Å². The van der Waals surface area contributed by atoms with Gasteiger partial charge in [-0.05, 0) is 32.9 Å². The smallest absolute Gasteiger partial charge is 0.325 e. The summed E-state index contributed by atoms with van der Waals surface area (Å²) in [6.45, 7) is 9.56. The number of carbonyl (C=O) groups excluding carboxylic acids is 3. The Balaban J connectivity index is 2.15. The molecule has 1 aromatic heterocycles. The van der Waals surface area contributed by atoms with Gasteiger partial charge in [-0.15, -0.1) is 0 Å². The van der Waals surface area contributed by atoms with Crippen LogP contribution in [0, 0.1) is 0 Å². The highest BCUT2D eigenvalue weighted by atomic mass is 16.3. The molecule has 2 heterocycles. The van der Waals surface area contributed by atoms with E-state index in [1.165, 1.54) is 6.26 Å². The largest absolute Gasteiger partial charge is 0.466 e. The molecule has 0 saturated carbocycles. The van der Waals surface area contributed by atoms with E-state index in [2.05, 4.69) is 11.9 Å². The molecular weight excluding hydrogens is 298 g/mol. The first-order valence-electron chi connectivity index (χ1n) is 7.39. The van der Waals surface area contributed by atoms with Gasteiger partial charge in [-0.3, -0.25) is 14.5 Å². The maximum absolute atomic E-state index is 12.6. The number of nitrogens with one attached hydrogen (secondary N) is 1. The monoisotopic (exact) mass is 319 g/mol. The molecule has 1 atom stereocenters. The Labute approximate surface area is 134 Å². The average Bonchev–Trinajstić information content (AvgIpc) is 3.09. The highest BCUT2D eigenvalue weighted by molar-refractivity contribution is 6.08. The molecule has 0 aromatic carbocycles. The van der Waals surface area contributed by atoms with Crippen molar-refractivity contribution in [2.24, 2.45) is 0 Å². The van der Waals surface area contributed by atoms with E-state index < -0.39 is 17.5 Å². The van der Waals surface area contributed by atoms with E-state index in [9.17, 15) is 14.4 Å². The molecule has 0 aliphatic carbocycles. The van der Waals surface area contributed by atoms with E-state index in [1.807, 2.05) is 13.8 Å². The van der Waals surface area contributed by atoms with Crippen LogP contribution in [0.2, 0.25) is 0 Å². The van der Waals surface area contributed by atoms with Crippen LogP contribution in [0.5, 0.6) is 0 Å². The Kier molecular flexibility index (Phi) is 4.58. The Bertz CT molecular complexity index is 638. The lowest BCUT2D eigenvalue weighted by molar-refractivity contribution is -0.138. The van der Waals surface area contributed by atoms with Crippen LogP contribution in [0.3, 0.4) is 0 Å². The molecule has 0 unspecified atom stereocenters. The van der Waals surface area contributed by atoms with Gasteiger partial charge in [0, 0.05) is 13.1 Å². The summed E-state index contributed by atoms with van der Waals surface area (Å²) >= 11 is 0. The average molecular weight is 319 g/mol. The number of imide groups is 1. The highest BCUT2D eigenvalue weighted by Gasteiger charge is 2.51. The first-order chi connectivity index (χ1) is 10.8. The predicted molar refractivity (Wildman–Crippen MR) is 83.4 cm³/mol. The lowest BCUT2D eigenvalue weighted by Crippen LogP contribution is -2.44. The summed E-state index contributed by atoms with van der Waals surface area (Å²) < 4.78 is 5.24. The molecule has 4 amide bonds. The predicted octanol–water partition coefficient (Wildman–Crippen LogP) is 1.47. The number of nitrogens with zero attached hydrogens (tertiary/aromatic N) is 2. The second-order valence-electron chi connectivity index (χ2n) is 5.79. The molecule has 124 valence electrons. The van der Waals surface area contributed by atoms with Gasteiger partial charge in [0.2, 0.25) is 5.91 Å². The van der Waals surface area contributed by atoms with Crippen LogP contribution in [0.1, 0.15) is 26.5 Å². The Hall–Kier alpha value is -2.57. The molecule has 23 heavy (non-hydrogen) atoms. The van der Waals surface area contributed by atoms with Crippen molar-refractivity contribution < 1.29 is 18.8 Å². The minimum Gasteiger partial charge on any atom is -0.466 e.